The third-order valence-corrected chi connectivity index (χ3v) is 2.92. The van der Waals surface area contributed by atoms with Crippen LogP contribution in [0.3, 0.4) is 0 Å². The standard InChI is InChI=1S/C14H11BrO2/c1-10-7-8-13(12(15)9-10)17-14(16)11-5-3-2-4-6-11/h2-9H,1H3. The van der Waals surface area contributed by atoms with Crippen LogP contribution >= 0.6 is 15.9 Å². The highest BCUT2D eigenvalue weighted by Crippen LogP contribution is 2.26. The monoisotopic (exact) mass is 290 g/mol. The number of hydrogen-bond acceptors (Lipinski definition) is 2. The summed E-state index contributed by atoms with van der Waals surface area (Å²) in [6.45, 7) is 1.98. The first-order valence-electron chi connectivity index (χ1n) is 5.20. The van der Waals surface area contributed by atoms with Gasteiger partial charge in [-0.2, -0.15) is 0 Å². The normalized spacial score (nSPS) is 10.0. The predicted molar refractivity (Wildman–Crippen MR) is 70.3 cm³/mol. The molecule has 0 N–H and O–H groups in total. The van der Waals surface area contributed by atoms with Crippen molar-refractivity contribution in [2.45, 2.75) is 6.92 Å². The van der Waals surface area contributed by atoms with Crippen molar-refractivity contribution in [3.8, 4) is 5.75 Å². The lowest BCUT2D eigenvalue weighted by Crippen LogP contribution is -2.08. The van der Waals surface area contributed by atoms with Gasteiger partial charge in [0.1, 0.15) is 5.75 Å². The van der Waals surface area contributed by atoms with E-state index in [1.54, 1.807) is 30.3 Å². The van der Waals surface area contributed by atoms with Crippen LogP contribution in [0.1, 0.15) is 15.9 Å². The molecule has 86 valence electrons. The summed E-state index contributed by atoms with van der Waals surface area (Å²) >= 11 is 3.37. The molecule has 3 heteroatoms. The Hall–Kier alpha value is -1.61. The van der Waals surface area contributed by atoms with E-state index in [-0.39, 0.29) is 5.97 Å². The molecule has 0 aliphatic rings. The van der Waals surface area contributed by atoms with Crippen molar-refractivity contribution in [1.29, 1.82) is 0 Å². The van der Waals surface area contributed by atoms with Gasteiger partial charge in [-0.25, -0.2) is 4.79 Å². The van der Waals surface area contributed by atoms with Gasteiger partial charge in [-0.15, -0.1) is 0 Å². The first kappa shape index (κ1) is 11.9. The second-order valence-electron chi connectivity index (χ2n) is 3.69. The minimum absolute atomic E-state index is 0.352. The van der Waals surface area contributed by atoms with Crippen LogP contribution in [-0.4, -0.2) is 5.97 Å². The summed E-state index contributed by atoms with van der Waals surface area (Å²) in [7, 11) is 0. The van der Waals surface area contributed by atoms with E-state index in [0.717, 1.165) is 10.0 Å². The Bertz CT molecular complexity index is 535. The zero-order valence-electron chi connectivity index (χ0n) is 9.31. The van der Waals surface area contributed by atoms with E-state index < -0.39 is 0 Å². The summed E-state index contributed by atoms with van der Waals surface area (Å²) in [6.07, 6.45) is 0. The molecule has 0 fully saturated rings. The Kier molecular flexibility index (Phi) is 3.59. The zero-order chi connectivity index (χ0) is 12.3. The van der Waals surface area contributed by atoms with E-state index in [0.29, 0.717) is 11.3 Å². The van der Waals surface area contributed by atoms with E-state index in [1.807, 2.05) is 25.1 Å². The molecule has 0 bridgehead atoms. The number of esters is 1. The summed E-state index contributed by atoms with van der Waals surface area (Å²) in [5.41, 5.74) is 1.65. The number of carbonyl (C=O) groups is 1. The highest BCUT2D eigenvalue weighted by Gasteiger charge is 2.09. The average molecular weight is 291 g/mol. The van der Waals surface area contributed by atoms with E-state index in [1.165, 1.54) is 0 Å². The Morgan fingerprint density at radius 2 is 1.82 bits per heavy atom. The molecule has 0 heterocycles. The summed E-state index contributed by atoms with van der Waals surface area (Å²) in [4.78, 5) is 11.8. The molecule has 0 aromatic heterocycles. The zero-order valence-corrected chi connectivity index (χ0v) is 10.9. The predicted octanol–water partition coefficient (Wildman–Crippen LogP) is 3.98. The second kappa shape index (κ2) is 5.15. The van der Waals surface area contributed by atoms with Crippen LogP contribution in [0.4, 0.5) is 0 Å². The van der Waals surface area contributed by atoms with Crippen LogP contribution in [0.5, 0.6) is 5.75 Å². The van der Waals surface area contributed by atoms with Crippen molar-refractivity contribution in [3.63, 3.8) is 0 Å². The van der Waals surface area contributed by atoms with E-state index in [4.69, 9.17) is 4.74 Å². The average Bonchev–Trinajstić information content (AvgIpc) is 2.34. The maximum absolute atomic E-state index is 11.8. The van der Waals surface area contributed by atoms with Gasteiger partial charge < -0.3 is 4.74 Å². The van der Waals surface area contributed by atoms with Crippen molar-refractivity contribution in [2.75, 3.05) is 0 Å². The molecule has 0 radical (unpaired) electrons. The van der Waals surface area contributed by atoms with Crippen LogP contribution in [0.2, 0.25) is 0 Å². The molecule has 0 saturated carbocycles. The van der Waals surface area contributed by atoms with Crippen molar-refractivity contribution in [2.24, 2.45) is 0 Å². The van der Waals surface area contributed by atoms with Crippen LogP contribution < -0.4 is 4.74 Å². The van der Waals surface area contributed by atoms with Crippen LogP contribution in [0.15, 0.2) is 53.0 Å². The first-order chi connectivity index (χ1) is 8.16. The molecular formula is C14H11BrO2. The lowest BCUT2D eigenvalue weighted by molar-refractivity contribution is 0.0733. The molecule has 2 nitrogen and oxygen atoms in total. The molecule has 0 unspecified atom stereocenters. The molecule has 2 rings (SSSR count). The number of carbonyl (C=O) groups excluding carboxylic acids is 1. The number of benzene rings is 2. The van der Waals surface area contributed by atoms with E-state index in [9.17, 15) is 4.79 Å². The molecule has 0 aliphatic carbocycles. The van der Waals surface area contributed by atoms with Gasteiger partial charge in [-0.1, -0.05) is 24.3 Å². The van der Waals surface area contributed by atoms with Crippen molar-refractivity contribution >= 4 is 21.9 Å². The Morgan fingerprint density at radius 3 is 2.47 bits per heavy atom. The third kappa shape index (κ3) is 2.94. The van der Waals surface area contributed by atoms with Crippen molar-refractivity contribution in [1.82, 2.24) is 0 Å². The van der Waals surface area contributed by atoms with E-state index in [2.05, 4.69) is 15.9 Å². The van der Waals surface area contributed by atoms with Gasteiger partial charge in [0.15, 0.2) is 0 Å². The van der Waals surface area contributed by atoms with Gasteiger partial charge in [0.25, 0.3) is 0 Å². The molecule has 2 aromatic rings. The number of ether oxygens (including phenoxy) is 1. The van der Waals surface area contributed by atoms with Crippen LogP contribution in [0, 0.1) is 6.92 Å². The molecule has 17 heavy (non-hydrogen) atoms. The fourth-order valence-corrected chi connectivity index (χ4v) is 2.00. The molecule has 2 aromatic carbocycles. The van der Waals surface area contributed by atoms with Gasteiger partial charge in [-0.05, 0) is 52.7 Å². The quantitative estimate of drug-likeness (QED) is 0.618. The second-order valence-corrected chi connectivity index (χ2v) is 4.54. The van der Waals surface area contributed by atoms with Crippen molar-refractivity contribution in [3.05, 3.63) is 64.1 Å². The number of halogens is 1. The summed E-state index contributed by atoms with van der Waals surface area (Å²) < 4.78 is 6.08. The first-order valence-corrected chi connectivity index (χ1v) is 5.99. The SMILES string of the molecule is Cc1ccc(OC(=O)c2ccccc2)c(Br)c1. The van der Waals surface area contributed by atoms with Gasteiger partial charge in [0.05, 0.1) is 10.0 Å². The Morgan fingerprint density at radius 1 is 1.12 bits per heavy atom. The number of hydrogen-bond donors (Lipinski definition) is 0. The van der Waals surface area contributed by atoms with Gasteiger partial charge >= 0.3 is 5.97 Å². The summed E-state index contributed by atoms with van der Waals surface area (Å²) in [6, 6.07) is 14.5. The van der Waals surface area contributed by atoms with Gasteiger partial charge in [0.2, 0.25) is 0 Å². The lowest BCUT2D eigenvalue weighted by Gasteiger charge is -2.06. The third-order valence-electron chi connectivity index (χ3n) is 2.30. The lowest BCUT2D eigenvalue weighted by atomic mass is 10.2. The maximum Gasteiger partial charge on any atom is 0.343 e. The van der Waals surface area contributed by atoms with Gasteiger partial charge in [0, 0.05) is 0 Å². The molecule has 0 aliphatic heterocycles. The van der Waals surface area contributed by atoms with Gasteiger partial charge in [-0.3, -0.25) is 0 Å². The topological polar surface area (TPSA) is 26.3 Å². The summed E-state index contributed by atoms with van der Waals surface area (Å²) in [5, 5.41) is 0. The molecule has 0 amide bonds. The molecule has 0 saturated heterocycles. The minimum Gasteiger partial charge on any atom is -0.422 e. The molecular weight excluding hydrogens is 280 g/mol. The number of rotatable bonds is 2. The minimum atomic E-state index is -0.352. The maximum atomic E-state index is 11.8. The number of aryl methyl sites for hydroxylation is 1. The largest absolute Gasteiger partial charge is 0.422 e. The highest BCUT2D eigenvalue weighted by atomic mass is 79.9. The van der Waals surface area contributed by atoms with E-state index >= 15 is 0 Å². The molecule has 0 atom stereocenters. The Balaban J connectivity index is 2.19. The highest BCUT2D eigenvalue weighted by molar-refractivity contribution is 9.10. The fraction of sp³-hybridized carbons (Fsp3) is 0.0714. The van der Waals surface area contributed by atoms with Crippen LogP contribution in [-0.2, 0) is 0 Å². The Labute approximate surface area is 108 Å². The van der Waals surface area contributed by atoms with Crippen LogP contribution in [0.25, 0.3) is 0 Å². The molecule has 0 spiro atoms. The fourth-order valence-electron chi connectivity index (χ4n) is 1.42. The summed E-state index contributed by atoms with van der Waals surface area (Å²) in [5.74, 6) is 0.180. The van der Waals surface area contributed by atoms with Crippen molar-refractivity contribution < 1.29 is 9.53 Å². The smallest absolute Gasteiger partial charge is 0.343 e.